The zero-order valence-electron chi connectivity index (χ0n) is 11.5. The number of hydrogen-bond donors (Lipinski definition) is 2. The Morgan fingerprint density at radius 2 is 1.72 bits per heavy atom. The first-order valence-electron chi connectivity index (χ1n) is 6.45. The minimum absolute atomic E-state index is 0.102. The maximum Gasteiger partial charge on any atom is 0.243 e. The summed E-state index contributed by atoms with van der Waals surface area (Å²) in [4.78, 5) is 24.1. The molecule has 0 aliphatic heterocycles. The van der Waals surface area contributed by atoms with Crippen molar-refractivity contribution in [2.24, 2.45) is 0 Å². The molecule has 5 heteroatoms. The van der Waals surface area contributed by atoms with Gasteiger partial charge in [-0.3, -0.25) is 9.59 Å². The summed E-state index contributed by atoms with van der Waals surface area (Å²) in [5.41, 5.74) is 0. The van der Waals surface area contributed by atoms with Crippen molar-refractivity contribution in [1.82, 2.24) is 15.5 Å². The number of nitrogens with zero attached hydrogens (tertiary/aromatic N) is 1. The highest BCUT2D eigenvalue weighted by atomic mass is 16.2. The highest BCUT2D eigenvalue weighted by Crippen LogP contribution is 1.89. The molecule has 2 amide bonds. The molecular formula is C13H25N3O2. The Morgan fingerprint density at radius 3 is 2.22 bits per heavy atom. The van der Waals surface area contributed by atoms with Crippen LogP contribution in [-0.2, 0) is 9.59 Å². The van der Waals surface area contributed by atoms with E-state index in [-0.39, 0.29) is 11.8 Å². The molecule has 0 aromatic heterocycles. The molecule has 0 rings (SSSR count). The SMILES string of the molecule is C=CC(=O)NCCCN(C)CCCNC(=O)CC. The average molecular weight is 255 g/mol. The molecule has 0 radical (unpaired) electrons. The van der Waals surface area contributed by atoms with Crippen LogP contribution < -0.4 is 10.6 Å². The average Bonchev–Trinajstić information content (AvgIpc) is 2.38. The van der Waals surface area contributed by atoms with Crippen molar-refractivity contribution in [1.29, 1.82) is 0 Å². The molecule has 0 heterocycles. The first kappa shape index (κ1) is 16.6. The van der Waals surface area contributed by atoms with Gasteiger partial charge in [-0.05, 0) is 39.1 Å². The molecule has 0 aromatic rings. The number of carbonyl (C=O) groups is 2. The van der Waals surface area contributed by atoms with Gasteiger partial charge < -0.3 is 15.5 Å². The summed E-state index contributed by atoms with van der Waals surface area (Å²) in [6, 6.07) is 0. The predicted molar refractivity (Wildman–Crippen MR) is 73.2 cm³/mol. The molecule has 0 aliphatic carbocycles. The van der Waals surface area contributed by atoms with E-state index in [1.54, 1.807) is 0 Å². The van der Waals surface area contributed by atoms with Crippen LogP contribution in [0.1, 0.15) is 26.2 Å². The van der Waals surface area contributed by atoms with Gasteiger partial charge in [0.2, 0.25) is 11.8 Å². The van der Waals surface area contributed by atoms with Crippen molar-refractivity contribution in [2.75, 3.05) is 33.2 Å². The number of rotatable bonds is 10. The molecule has 18 heavy (non-hydrogen) atoms. The van der Waals surface area contributed by atoms with E-state index >= 15 is 0 Å². The minimum atomic E-state index is -0.125. The van der Waals surface area contributed by atoms with Crippen LogP contribution in [0.4, 0.5) is 0 Å². The van der Waals surface area contributed by atoms with Crippen molar-refractivity contribution in [3.05, 3.63) is 12.7 Å². The Balaban J connectivity index is 3.37. The number of hydrogen-bond acceptors (Lipinski definition) is 3. The van der Waals surface area contributed by atoms with Gasteiger partial charge in [0.1, 0.15) is 0 Å². The molecule has 0 aliphatic rings. The number of nitrogens with one attached hydrogen (secondary N) is 2. The minimum Gasteiger partial charge on any atom is -0.356 e. The maximum atomic E-state index is 11.0. The van der Waals surface area contributed by atoms with E-state index in [0.29, 0.717) is 13.0 Å². The summed E-state index contributed by atoms with van der Waals surface area (Å²) in [6.45, 7) is 8.50. The van der Waals surface area contributed by atoms with E-state index < -0.39 is 0 Å². The number of carbonyl (C=O) groups excluding carboxylic acids is 2. The summed E-state index contributed by atoms with van der Waals surface area (Å²) < 4.78 is 0. The van der Waals surface area contributed by atoms with Gasteiger partial charge in [0.25, 0.3) is 0 Å². The lowest BCUT2D eigenvalue weighted by atomic mass is 10.3. The van der Waals surface area contributed by atoms with Crippen LogP contribution in [0.5, 0.6) is 0 Å². The second-order valence-electron chi connectivity index (χ2n) is 4.21. The monoisotopic (exact) mass is 255 g/mol. The van der Waals surface area contributed by atoms with Gasteiger partial charge in [-0.2, -0.15) is 0 Å². The smallest absolute Gasteiger partial charge is 0.243 e. The maximum absolute atomic E-state index is 11.0. The molecule has 0 aromatic carbocycles. The summed E-state index contributed by atoms with van der Waals surface area (Å²) in [7, 11) is 2.04. The Hall–Kier alpha value is -1.36. The van der Waals surface area contributed by atoms with Crippen LogP contribution in [0.2, 0.25) is 0 Å². The predicted octanol–water partition coefficient (Wildman–Crippen LogP) is 0.527. The number of amides is 2. The fourth-order valence-electron chi connectivity index (χ4n) is 1.45. The quantitative estimate of drug-likeness (QED) is 0.442. The molecule has 0 fully saturated rings. The van der Waals surface area contributed by atoms with E-state index in [0.717, 1.165) is 32.5 Å². The highest BCUT2D eigenvalue weighted by Gasteiger charge is 2.00. The molecule has 0 saturated heterocycles. The van der Waals surface area contributed by atoms with Gasteiger partial charge in [-0.1, -0.05) is 13.5 Å². The van der Waals surface area contributed by atoms with E-state index in [1.165, 1.54) is 6.08 Å². The second-order valence-corrected chi connectivity index (χ2v) is 4.21. The summed E-state index contributed by atoms with van der Waals surface area (Å²) in [6.07, 6.45) is 3.68. The lowest BCUT2D eigenvalue weighted by molar-refractivity contribution is -0.120. The third-order valence-corrected chi connectivity index (χ3v) is 2.56. The van der Waals surface area contributed by atoms with Crippen molar-refractivity contribution in [2.45, 2.75) is 26.2 Å². The zero-order valence-corrected chi connectivity index (χ0v) is 11.5. The fraction of sp³-hybridized carbons (Fsp3) is 0.692. The van der Waals surface area contributed by atoms with E-state index in [4.69, 9.17) is 0 Å². The van der Waals surface area contributed by atoms with Crippen LogP contribution in [0, 0.1) is 0 Å². The Morgan fingerprint density at radius 1 is 1.17 bits per heavy atom. The van der Waals surface area contributed by atoms with Gasteiger partial charge in [0.15, 0.2) is 0 Å². The Bertz CT molecular complexity index is 267. The van der Waals surface area contributed by atoms with Gasteiger partial charge in [0, 0.05) is 19.5 Å². The van der Waals surface area contributed by atoms with Crippen LogP contribution in [0.3, 0.4) is 0 Å². The summed E-state index contributed by atoms with van der Waals surface area (Å²) in [5.74, 6) is -0.0234. The Kier molecular flexibility index (Phi) is 9.96. The lowest BCUT2D eigenvalue weighted by Gasteiger charge is -2.16. The van der Waals surface area contributed by atoms with Crippen LogP contribution in [0.25, 0.3) is 0 Å². The molecular weight excluding hydrogens is 230 g/mol. The lowest BCUT2D eigenvalue weighted by Crippen LogP contribution is -2.30. The van der Waals surface area contributed by atoms with Crippen LogP contribution in [-0.4, -0.2) is 49.9 Å². The highest BCUT2D eigenvalue weighted by molar-refractivity contribution is 5.86. The molecule has 0 atom stereocenters. The van der Waals surface area contributed by atoms with Crippen LogP contribution >= 0.6 is 0 Å². The van der Waals surface area contributed by atoms with Crippen molar-refractivity contribution < 1.29 is 9.59 Å². The van der Waals surface area contributed by atoms with Crippen molar-refractivity contribution in [3.63, 3.8) is 0 Å². The molecule has 0 unspecified atom stereocenters. The molecule has 104 valence electrons. The van der Waals surface area contributed by atoms with Gasteiger partial charge >= 0.3 is 0 Å². The first-order chi connectivity index (χ1) is 8.60. The van der Waals surface area contributed by atoms with E-state index in [1.807, 2.05) is 14.0 Å². The van der Waals surface area contributed by atoms with Crippen molar-refractivity contribution in [3.8, 4) is 0 Å². The standard InChI is InChI=1S/C13H25N3O2/c1-4-12(17)14-8-6-10-16(3)11-7-9-15-13(18)5-2/h4H,1,5-11H2,2-3H3,(H,14,17)(H,15,18). The zero-order chi connectivity index (χ0) is 13.8. The van der Waals surface area contributed by atoms with Crippen LogP contribution in [0.15, 0.2) is 12.7 Å². The summed E-state index contributed by atoms with van der Waals surface area (Å²) >= 11 is 0. The second kappa shape index (κ2) is 10.8. The van der Waals surface area contributed by atoms with Gasteiger partial charge in [0.05, 0.1) is 0 Å². The fourth-order valence-corrected chi connectivity index (χ4v) is 1.45. The topological polar surface area (TPSA) is 61.4 Å². The molecule has 0 saturated carbocycles. The molecule has 5 nitrogen and oxygen atoms in total. The van der Waals surface area contributed by atoms with E-state index in [2.05, 4.69) is 22.1 Å². The molecule has 0 bridgehead atoms. The molecule has 0 spiro atoms. The summed E-state index contributed by atoms with van der Waals surface area (Å²) in [5, 5.41) is 5.58. The third kappa shape index (κ3) is 9.84. The normalized spacial score (nSPS) is 10.2. The van der Waals surface area contributed by atoms with Gasteiger partial charge in [-0.15, -0.1) is 0 Å². The van der Waals surface area contributed by atoms with Crippen molar-refractivity contribution >= 4 is 11.8 Å². The third-order valence-electron chi connectivity index (χ3n) is 2.56. The van der Waals surface area contributed by atoms with Gasteiger partial charge in [-0.25, -0.2) is 0 Å². The molecule has 2 N–H and O–H groups in total. The largest absolute Gasteiger partial charge is 0.356 e. The first-order valence-corrected chi connectivity index (χ1v) is 6.45. The van der Waals surface area contributed by atoms with E-state index in [9.17, 15) is 9.59 Å². The Labute approximate surface area is 110 Å².